The lowest BCUT2D eigenvalue weighted by Gasteiger charge is -2.33. The molecule has 0 spiro atoms. The molecule has 1 aromatic rings. The predicted molar refractivity (Wildman–Crippen MR) is 84.5 cm³/mol. The number of piperidine rings is 1. The first kappa shape index (κ1) is 16.5. The van der Waals surface area contributed by atoms with Crippen LogP contribution < -0.4 is 0 Å². The van der Waals surface area contributed by atoms with Gasteiger partial charge in [0.15, 0.2) is 5.69 Å². The summed E-state index contributed by atoms with van der Waals surface area (Å²) in [6.45, 7) is 3.66. The molecular formula is C16H22N4O4. The summed E-state index contributed by atoms with van der Waals surface area (Å²) in [5.74, 6) is -0.830. The first-order valence-electron chi connectivity index (χ1n) is 8.34. The Hall–Kier alpha value is -2.38. The molecule has 3 heterocycles. The van der Waals surface area contributed by atoms with Crippen LogP contribution in [0, 0.1) is 0 Å². The number of hydrogen-bond acceptors (Lipinski definition) is 5. The molecule has 0 radical (unpaired) electrons. The third-order valence-electron chi connectivity index (χ3n) is 4.53. The van der Waals surface area contributed by atoms with Gasteiger partial charge in [0, 0.05) is 26.2 Å². The van der Waals surface area contributed by atoms with Crippen LogP contribution in [-0.4, -0.2) is 70.1 Å². The van der Waals surface area contributed by atoms with Crippen LogP contribution in [0.15, 0.2) is 6.07 Å². The number of rotatable bonds is 3. The topological polar surface area (TPSA) is 84.7 Å². The van der Waals surface area contributed by atoms with E-state index in [1.54, 1.807) is 23.6 Å². The molecule has 0 aromatic carbocycles. The number of ether oxygens (including phenoxy) is 1. The van der Waals surface area contributed by atoms with Crippen molar-refractivity contribution in [3.63, 3.8) is 0 Å². The molecule has 8 heteroatoms. The van der Waals surface area contributed by atoms with Gasteiger partial charge in [-0.15, -0.1) is 0 Å². The van der Waals surface area contributed by atoms with E-state index < -0.39 is 6.04 Å². The Balaban J connectivity index is 1.84. The normalized spacial score (nSPS) is 20.8. The number of aromatic nitrogens is 2. The number of nitrogens with zero attached hydrogens (tertiary/aromatic N) is 4. The summed E-state index contributed by atoms with van der Waals surface area (Å²) in [5, 5.41) is 4.28. The monoisotopic (exact) mass is 334 g/mol. The summed E-state index contributed by atoms with van der Waals surface area (Å²) >= 11 is 0. The summed E-state index contributed by atoms with van der Waals surface area (Å²) < 4.78 is 6.66. The van der Waals surface area contributed by atoms with Gasteiger partial charge < -0.3 is 14.5 Å². The summed E-state index contributed by atoms with van der Waals surface area (Å²) in [5.41, 5.74) is 0.627. The van der Waals surface area contributed by atoms with Crippen molar-refractivity contribution in [2.24, 2.45) is 0 Å². The Morgan fingerprint density at radius 2 is 2.08 bits per heavy atom. The minimum Gasteiger partial charge on any atom is -0.464 e. The molecule has 0 aliphatic carbocycles. The molecule has 0 bridgehead atoms. The van der Waals surface area contributed by atoms with Crippen LogP contribution in [-0.2, 0) is 16.1 Å². The molecule has 2 aliphatic heterocycles. The summed E-state index contributed by atoms with van der Waals surface area (Å²) in [7, 11) is 1.72. The van der Waals surface area contributed by atoms with Crippen molar-refractivity contribution in [1.29, 1.82) is 0 Å². The lowest BCUT2D eigenvalue weighted by atomic mass is 10.0. The largest absolute Gasteiger partial charge is 0.464 e. The Labute approximate surface area is 140 Å². The molecule has 1 fully saturated rings. The summed E-state index contributed by atoms with van der Waals surface area (Å²) in [6, 6.07) is 0.959. The van der Waals surface area contributed by atoms with E-state index in [0.717, 1.165) is 12.8 Å². The SMILES string of the molecule is CCOC(=O)C1CCCCN1C(=O)c1cc2n(n1)CCN(C)C2=O. The summed E-state index contributed by atoms with van der Waals surface area (Å²) in [6.07, 6.45) is 2.33. The van der Waals surface area contributed by atoms with Crippen molar-refractivity contribution in [3.05, 3.63) is 17.5 Å². The standard InChI is InChI=1S/C16H22N4O4/c1-3-24-16(23)12-6-4-5-7-19(12)14(21)11-10-13-15(22)18(2)8-9-20(13)17-11/h10,12H,3-9H2,1-2H3. The molecule has 1 saturated heterocycles. The average Bonchev–Trinajstić information content (AvgIpc) is 3.03. The number of likely N-dealkylation sites (N-methyl/N-ethyl adjacent to an activating group) is 1. The van der Waals surface area contributed by atoms with Crippen molar-refractivity contribution < 1.29 is 19.1 Å². The van der Waals surface area contributed by atoms with Crippen molar-refractivity contribution in [2.75, 3.05) is 26.7 Å². The fourth-order valence-corrected chi connectivity index (χ4v) is 3.21. The zero-order chi connectivity index (χ0) is 17.3. The maximum Gasteiger partial charge on any atom is 0.328 e. The number of carbonyl (C=O) groups is 3. The van der Waals surface area contributed by atoms with E-state index in [2.05, 4.69) is 5.10 Å². The van der Waals surface area contributed by atoms with Gasteiger partial charge >= 0.3 is 5.97 Å². The van der Waals surface area contributed by atoms with E-state index in [-0.39, 0.29) is 30.1 Å². The number of fused-ring (bicyclic) bond motifs is 1. The van der Waals surface area contributed by atoms with E-state index in [0.29, 0.717) is 31.7 Å². The predicted octanol–water partition coefficient (Wildman–Crippen LogP) is 0.527. The molecule has 8 nitrogen and oxygen atoms in total. The molecule has 1 unspecified atom stereocenters. The third-order valence-corrected chi connectivity index (χ3v) is 4.53. The minimum atomic E-state index is -0.566. The average molecular weight is 334 g/mol. The highest BCUT2D eigenvalue weighted by Gasteiger charge is 2.35. The molecule has 2 aliphatic rings. The van der Waals surface area contributed by atoms with E-state index in [1.807, 2.05) is 0 Å². The third kappa shape index (κ3) is 2.88. The second kappa shape index (κ2) is 6.62. The Bertz CT molecular complexity index is 669. The van der Waals surface area contributed by atoms with E-state index in [4.69, 9.17) is 4.74 Å². The maximum absolute atomic E-state index is 12.8. The molecule has 2 amide bonds. The minimum absolute atomic E-state index is 0.145. The fourth-order valence-electron chi connectivity index (χ4n) is 3.21. The molecule has 0 N–H and O–H groups in total. The van der Waals surface area contributed by atoms with Gasteiger partial charge in [0.05, 0.1) is 13.2 Å². The van der Waals surface area contributed by atoms with Crippen LogP contribution in [0.4, 0.5) is 0 Å². The highest BCUT2D eigenvalue weighted by atomic mass is 16.5. The van der Waals surface area contributed by atoms with E-state index in [1.165, 1.54) is 11.0 Å². The van der Waals surface area contributed by atoms with Crippen LogP contribution in [0.3, 0.4) is 0 Å². The molecule has 0 saturated carbocycles. The number of carbonyl (C=O) groups excluding carboxylic acids is 3. The van der Waals surface area contributed by atoms with Crippen LogP contribution >= 0.6 is 0 Å². The number of likely N-dealkylation sites (tertiary alicyclic amines) is 1. The number of amides is 2. The molecule has 24 heavy (non-hydrogen) atoms. The van der Waals surface area contributed by atoms with Crippen LogP contribution in [0.5, 0.6) is 0 Å². The molecule has 1 atom stereocenters. The Morgan fingerprint density at radius 1 is 1.29 bits per heavy atom. The number of hydrogen-bond donors (Lipinski definition) is 0. The summed E-state index contributed by atoms with van der Waals surface area (Å²) in [4.78, 5) is 40.3. The highest BCUT2D eigenvalue weighted by molar-refractivity contribution is 5.99. The highest BCUT2D eigenvalue weighted by Crippen LogP contribution is 2.22. The Morgan fingerprint density at radius 3 is 2.83 bits per heavy atom. The quantitative estimate of drug-likeness (QED) is 0.753. The van der Waals surface area contributed by atoms with Gasteiger partial charge in [-0.2, -0.15) is 5.10 Å². The van der Waals surface area contributed by atoms with Gasteiger partial charge in [-0.1, -0.05) is 0 Å². The zero-order valence-corrected chi connectivity index (χ0v) is 14.0. The van der Waals surface area contributed by atoms with Crippen LogP contribution in [0.25, 0.3) is 0 Å². The van der Waals surface area contributed by atoms with Crippen molar-refractivity contribution in [1.82, 2.24) is 19.6 Å². The van der Waals surface area contributed by atoms with Crippen LogP contribution in [0.1, 0.15) is 47.2 Å². The van der Waals surface area contributed by atoms with E-state index >= 15 is 0 Å². The maximum atomic E-state index is 12.8. The van der Waals surface area contributed by atoms with Gasteiger partial charge in [-0.3, -0.25) is 14.3 Å². The van der Waals surface area contributed by atoms with Crippen LogP contribution in [0.2, 0.25) is 0 Å². The molecule has 1 aromatic heterocycles. The van der Waals surface area contributed by atoms with Gasteiger partial charge in [-0.25, -0.2) is 4.79 Å². The lowest BCUT2D eigenvalue weighted by molar-refractivity contribution is -0.149. The molecule has 3 rings (SSSR count). The first-order valence-corrected chi connectivity index (χ1v) is 8.34. The van der Waals surface area contributed by atoms with E-state index in [9.17, 15) is 14.4 Å². The van der Waals surface area contributed by atoms with Crippen molar-refractivity contribution >= 4 is 17.8 Å². The van der Waals surface area contributed by atoms with Gasteiger partial charge in [-0.05, 0) is 26.2 Å². The van der Waals surface area contributed by atoms with Gasteiger partial charge in [0.1, 0.15) is 11.7 Å². The molecular weight excluding hydrogens is 312 g/mol. The first-order chi connectivity index (χ1) is 11.5. The number of esters is 1. The lowest BCUT2D eigenvalue weighted by Crippen LogP contribution is -2.48. The Kier molecular flexibility index (Phi) is 4.55. The van der Waals surface area contributed by atoms with Crippen molar-refractivity contribution in [3.8, 4) is 0 Å². The molecule has 130 valence electrons. The van der Waals surface area contributed by atoms with Gasteiger partial charge in [0.2, 0.25) is 0 Å². The second-order valence-corrected chi connectivity index (χ2v) is 6.13. The smallest absolute Gasteiger partial charge is 0.328 e. The fraction of sp³-hybridized carbons (Fsp3) is 0.625. The van der Waals surface area contributed by atoms with Gasteiger partial charge in [0.25, 0.3) is 11.8 Å². The second-order valence-electron chi connectivity index (χ2n) is 6.13. The van der Waals surface area contributed by atoms with Crippen molar-refractivity contribution in [2.45, 2.75) is 38.8 Å². The zero-order valence-electron chi connectivity index (χ0n) is 14.0.